The number of nitrogens with one attached hydrogen (secondary N) is 2. The van der Waals surface area contributed by atoms with Gasteiger partial charge in [0, 0.05) is 55.3 Å². The van der Waals surface area contributed by atoms with Gasteiger partial charge in [0.05, 0.1) is 6.54 Å². The lowest BCUT2D eigenvalue weighted by Crippen LogP contribution is -2.49. The zero-order valence-electron chi connectivity index (χ0n) is 13.6. The second-order valence-electron chi connectivity index (χ2n) is 6.26. The van der Waals surface area contributed by atoms with Gasteiger partial charge in [-0.1, -0.05) is 22.0 Å². The molecule has 1 unspecified atom stereocenters. The van der Waals surface area contributed by atoms with Crippen molar-refractivity contribution in [3.63, 3.8) is 0 Å². The number of carbonyl (C=O) groups excluding carboxylic acids is 2. The van der Waals surface area contributed by atoms with Gasteiger partial charge < -0.3 is 15.5 Å². The normalized spacial score (nSPS) is 21.7. The van der Waals surface area contributed by atoms with Gasteiger partial charge in [-0.05, 0) is 24.6 Å². The molecule has 7 heteroatoms. The fourth-order valence-electron chi connectivity index (χ4n) is 3.31. The molecule has 0 spiro atoms. The van der Waals surface area contributed by atoms with Crippen LogP contribution in [0.5, 0.6) is 0 Å². The van der Waals surface area contributed by atoms with Crippen LogP contribution in [-0.4, -0.2) is 73.5 Å². The minimum Gasteiger partial charge on any atom is -0.343 e. The van der Waals surface area contributed by atoms with Crippen molar-refractivity contribution in [1.82, 2.24) is 20.4 Å². The molecule has 6 nitrogen and oxygen atoms in total. The Labute approximate surface area is 150 Å². The van der Waals surface area contributed by atoms with Crippen LogP contribution in [0.25, 0.3) is 0 Å². The van der Waals surface area contributed by atoms with Crippen molar-refractivity contribution >= 4 is 27.7 Å². The molecule has 1 aromatic carbocycles. The third-order valence-corrected chi connectivity index (χ3v) is 5.16. The Kier molecular flexibility index (Phi) is 5.86. The molecule has 2 N–H and O–H groups in total. The van der Waals surface area contributed by atoms with Gasteiger partial charge in [0.2, 0.25) is 5.91 Å². The van der Waals surface area contributed by atoms with Gasteiger partial charge >= 0.3 is 0 Å². The van der Waals surface area contributed by atoms with E-state index in [1.807, 2.05) is 11.0 Å². The molecule has 2 aliphatic heterocycles. The Bertz CT molecular complexity index is 604. The summed E-state index contributed by atoms with van der Waals surface area (Å²) >= 11 is 3.34. The number of hydrogen-bond acceptors (Lipinski definition) is 4. The van der Waals surface area contributed by atoms with Gasteiger partial charge in [-0.15, -0.1) is 0 Å². The van der Waals surface area contributed by atoms with E-state index in [1.165, 1.54) is 0 Å². The number of rotatable bonds is 4. The Morgan fingerprint density at radius 1 is 1.25 bits per heavy atom. The molecule has 130 valence electrons. The lowest BCUT2D eigenvalue weighted by atomic mass is 10.2. The number of likely N-dealkylation sites (tertiary alicyclic amines) is 1. The highest BCUT2D eigenvalue weighted by Gasteiger charge is 2.30. The number of halogens is 1. The maximum absolute atomic E-state index is 12.3. The van der Waals surface area contributed by atoms with E-state index in [0.717, 1.165) is 50.2 Å². The summed E-state index contributed by atoms with van der Waals surface area (Å²) in [6, 6.07) is 7.61. The van der Waals surface area contributed by atoms with E-state index < -0.39 is 0 Å². The molecule has 2 fully saturated rings. The lowest BCUT2D eigenvalue weighted by molar-refractivity contribution is -0.129. The van der Waals surface area contributed by atoms with Gasteiger partial charge in [0.1, 0.15) is 0 Å². The van der Waals surface area contributed by atoms with Crippen molar-refractivity contribution in [2.45, 2.75) is 12.5 Å². The maximum Gasteiger partial charge on any atom is 0.251 e. The number of benzene rings is 1. The van der Waals surface area contributed by atoms with Crippen LogP contribution in [0.15, 0.2) is 28.7 Å². The largest absolute Gasteiger partial charge is 0.343 e. The molecule has 2 aliphatic rings. The average Bonchev–Trinajstić information content (AvgIpc) is 3.10. The first-order valence-corrected chi connectivity index (χ1v) is 9.19. The van der Waals surface area contributed by atoms with Crippen LogP contribution >= 0.6 is 15.9 Å². The van der Waals surface area contributed by atoms with Crippen molar-refractivity contribution in [2.24, 2.45) is 0 Å². The lowest BCUT2D eigenvalue weighted by Gasteiger charge is -2.32. The molecule has 0 aliphatic carbocycles. The minimum absolute atomic E-state index is 0.00372. The molecule has 1 aromatic rings. The molecule has 3 rings (SSSR count). The fraction of sp³-hybridized carbons (Fsp3) is 0.529. The van der Waals surface area contributed by atoms with Crippen LogP contribution < -0.4 is 10.6 Å². The summed E-state index contributed by atoms with van der Waals surface area (Å²) in [6.45, 7) is 5.74. The van der Waals surface area contributed by atoms with Crippen LogP contribution in [0, 0.1) is 0 Å². The first-order chi connectivity index (χ1) is 11.6. The predicted molar refractivity (Wildman–Crippen MR) is 95.9 cm³/mol. The van der Waals surface area contributed by atoms with Gasteiger partial charge in [-0.3, -0.25) is 14.5 Å². The van der Waals surface area contributed by atoms with E-state index >= 15 is 0 Å². The third-order valence-electron chi connectivity index (χ3n) is 4.67. The van der Waals surface area contributed by atoms with Crippen LogP contribution in [0.4, 0.5) is 0 Å². The zero-order valence-corrected chi connectivity index (χ0v) is 15.2. The highest BCUT2D eigenvalue weighted by Crippen LogP contribution is 2.16. The SMILES string of the molecule is O=C(NCC(=O)N1CCC(N2CCNCC2)C1)c1cccc(Br)c1. The topological polar surface area (TPSA) is 64.7 Å². The van der Waals surface area contributed by atoms with Crippen molar-refractivity contribution < 1.29 is 9.59 Å². The highest BCUT2D eigenvalue weighted by molar-refractivity contribution is 9.10. The smallest absolute Gasteiger partial charge is 0.251 e. The van der Waals surface area contributed by atoms with E-state index in [2.05, 4.69) is 31.5 Å². The number of piperazine rings is 1. The third kappa shape index (κ3) is 4.34. The first-order valence-electron chi connectivity index (χ1n) is 8.40. The second kappa shape index (κ2) is 8.09. The highest BCUT2D eigenvalue weighted by atomic mass is 79.9. The molecule has 1 atom stereocenters. The van der Waals surface area contributed by atoms with Gasteiger partial charge in [0.25, 0.3) is 5.91 Å². The van der Waals surface area contributed by atoms with E-state index in [-0.39, 0.29) is 18.4 Å². The van der Waals surface area contributed by atoms with E-state index in [1.54, 1.807) is 18.2 Å². The standard InChI is InChI=1S/C17H23BrN4O2/c18-14-3-1-2-13(10-14)17(24)20-11-16(23)22-7-4-15(12-22)21-8-5-19-6-9-21/h1-3,10,15,19H,4-9,11-12H2,(H,20,24). The number of nitrogens with zero attached hydrogens (tertiary/aromatic N) is 2. The van der Waals surface area contributed by atoms with Crippen molar-refractivity contribution in [3.8, 4) is 0 Å². The number of hydrogen-bond donors (Lipinski definition) is 2. The zero-order chi connectivity index (χ0) is 16.9. The van der Waals surface area contributed by atoms with Gasteiger partial charge in [-0.2, -0.15) is 0 Å². The molecule has 24 heavy (non-hydrogen) atoms. The maximum atomic E-state index is 12.3. The Hall–Kier alpha value is -1.44. The summed E-state index contributed by atoms with van der Waals surface area (Å²) in [5.74, 6) is -0.224. The second-order valence-corrected chi connectivity index (χ2v) is 7.18. The Balaban J connectivity index is 1.46. The quantitative estimate of drug-likeness (QED) is 0.788. The fourth-order valence-corrected chi connectivity index (χ4v) is 3.71. The molecule has 2 heterocycles. The monoisotopic (exact) mass is 394 g/mol. The van der Waals surface area contributed by atoms with Crippen LogP contribution in [-0.2, 0) is 4.79 Å². The van der Waals surface area contributed by atoms with E-state index in [4.69, 9.17) is 0 Å². The predicted octanol–water partition coefficient (Wildman–Crippen LogP) is 0.685. The molecule has 0 bridgehead atoms. The number of carbonyl (C=O) groups is 2. The van der Waals surface area contributed by atoms with E-state index in [0.29, 0.717) is 11.6 Å². The molecule has 0 radical (unpaired) electrons. The van der Waals surface area contributed by atoms with Crippen molar-refractivity contribution in [1.29, 1.82) is 0 Å². The summed E-state index contributed by atoms with van der Waals surface area (Å²) in [4.78, 5) is 28.8. The molecule has 0 aromatic heterocycles. The first kappa shape index (κ1) is 17.4. The van der Waals surface area contributed by atoms with Gasteiger partial charge in [-0.25, -0.2) is 0 Å². The molecule has 2 saturated heterocycles. The van der Waals surface area contributed by atoms with Gasteiger partial charge in [0.15, 0.2) is 0 Å². The molecular formula is C17H23BrN4O2. The minimum atomic E-state index is -0.220. The van der Waals surface area contributed by atoms with Crippen LogP contribution in [0.1, 0.15) is 16.8 Å². The molecule has 2 amide bonds. The number of amides is 2. The summed E-state index contributed by atoms with van der Waals surface area (Å²) in [6.07, 6.45) is 1.02. The summed E-state index contributed by atoms with van der Waals surface area (Å²) in [7, 11) is 0. The average molecular weight is 395 g/mol. The van der Waals surface area contributed by atoms with Crippen LogP contribution in [0.3, 0.4) is 0 Å². The van der Waals surface area contributed by atoms with Crippen molar-refractivity contribution in [2.75, 3.05) is 45.8 Å². The Morgan fingerprint density at radius 2 is 2.04 bits per heavy atom. The summed E-state index contributed by atoms with van der Waals surface area (Å²) in [5, 5.41) is 6.07. The summed E-state index contributed by atoms with van der Waals surface area (Å²) in [5.41, 5.74) is 0.553. The Morgan fingerprint density at radius 3 is 2.79 bits per heavy atom. The molecular weight excluding hydrogens is 372 g/mol. The van der Waals surface area contributed by atoms with Crippen LogP contribution in [0.2, 0.25) is 0 Å². The molecule has 0 saturated carbocycles. The van der Waals surface area contributed by atoms with E-state index in [9.17, 15) is 9.59 Å². The van der Waals surface area contributed by atoms with Crippen molar-refractivity contribution in [3.05, 3.63) is 34.3 Å². The summed E-state index contributed by atoms with van der Waals surface area (Å²) < 4.78 is 0.847.